The summed E-state index contributed by atoms with van der Waals surface area (Å²) in [6.45, 7) is 3.96. The minimum Gasteiger partial charge on any atom is -0.496 e. The third kappa shape index (κ3) is 10.0. The Morgan fingerprint density at radius 3 is 2.21 bits per heavy atom. The molecular weight excluding hydrogens is 940 g/mol. The molecule has 1 spiro atoms. The fourth-order valence-electron chi connectivity index (χ4n) is 8.37. The van der Waals surface area contributed by atoms with Crippen LogP contribution >= 0.6 is 36.0 Å². The van der Waals surface area contributed by atoms with E-state index in [2.05, 4.69) is 43.3 Å². The van der Waals surface area contributed by atoms with Crippen LogP contribution in [0, 0.1) is 0 Å². The molecule has 7 rings (SSSR count). The zero-order chi connectivity index (χ0) is 49.0. The Balaban J connectivity index is 1.06. The van der Waals surface area contributed by atoms with Gasteiger partial charge in [0, 0.05) is 120 Å². The number of hydrogen-bond donors (Lipinski definition) is 5. The van der Waals surface area contributed by atoms with E-state index in [1.165, 1.54) is 32.4 Å². The number of nitrogens with zero attached hydrogens (tertiary/aromatic N) is 4. The van der Waals surface area contributed by atoms with Gasteiger partial charge in [-0.05, 0) is 37.4 Å². The number of benzene rings is 4. The lowest BCUT2D eigenvalue weighted by Gasteiger charge is -2.37. The van der Waals surface area contributed by atoms with E-state index in [1.54, 1.807) is 31.1 Å². The molecule has 362 valence electrons. The van der Waals surface area contributed by atoms with E-state index in [0.29, 0.717) is 34.7 Å². The number of esters is 1. The molecule has 68 heavy (non-hydrogen) atoms. The van der Waals surface area contributed by atoms with Crippen molar-refractivity contribution in [3.8, 4) is 28.7 Å². The minimum atomic E-state index is -1.56. The van der Waals surface area contributed by atoms with Crippen LogP contribution in [0.25, 0.3) is 0 Å². The maximum atomic E-state index is 14.1. The fourth-order valence-corrected chi connectivity index (χ4v) is 9.16. The van der Waals surface area contributed by atoms with Gasteiger partial charge in [-0.25, -0.2) is 4.79 Å². The first-order valence-corrected chi connectivity index (χ1v) is 22.9. The third-order valence-electron chi connectivity index (χ3n) is 12.2. The van der Waals surface area contributed by atoms with Crippen LogP contribution in [0.15, 0.2) is 54.6 Å². The van der Waals surface area contributed by atoms with Crippen molar-refractivity contribution in [1.82, 2.24) is 30.1 Å². The SMILES string of the molecule is CNc1ccc2c(c1)Oc1cc(N(C)C)ccc1C21OC(=O)c2c(Cl)c(C(=O)NCc3c(OC)cc(OC(CC(=O)NCCN(C)C(=O)CN4CCN(C)CC4)C(=O)NS)cc3OC)cc(Cl)c21. The maximum Gasteiger partial charge on any atom is 0.341 e. The Bertz CT molecular complexity index is 2610. The predicted octanol–water partition coefficient (Wildman–Crippen LogP) is 4.54. The highest BCUT2D eigenvalue weighted by Gasteiger charge is 2.56. The molecule has 1 fully saturated rings. The average Bonchev–Trinajstić information content (AvgIpc) is 3.64. The van der Waals surface area contributed by atoms with Crippen LogP contribution in [0.3, 0.4) is 0 Å². The number of fused-ring (bicyclic) bond motifs is 6. The summed E-state index contributed by atoms with van der Waals surface area (Å²) in [7, 11) is 12.1. The van der Waals surface area contributed by atoms with E-state index in [4.69, 9.17) is 46.9 Å². The second-order valence-electron chi connectivity index (χ2n) is 16.7. The van der Waals surface area contributed by atoms with Crippen LogP contribution in [-0.4, -0.2) is 146 Å². The van der Waals surface area contributed by atoms with Gasteiger partial charge in [0.2, 0.25) is 11.8 Å². The lowest BCUT2D eigenvalue weighted by molar-refractivity contribution is -0.132. The molecule has 3 aliphatic heterocycles. The minimum absolute atomic E-state index is 0.0536. The number of rotatable bonds is 17. The number of thiol groups is 1. The Morgan fingerprint density at radius 1 is 0.912 bits per heavy atom. The maximum absolute atomic E-state index is 14.1. The summed E-state index contributed by atoms with van der Waals surface area (Å²) in [4.78, 5) is 74.6. The molecule has 0 aliphatic carbocycles. The van der Waals surface area contributed by atoms with E-state index in [9.17, 15) is 24.0 Å². The molecule has 1 saturated heterocycles. The summed E-state index contributed by atoms with van der Waals surface area (Å²) < 4.78 is 32.3. The zero-order valence-corrected chi connectivity index (χ0v) is 41.1. The van der Waals surface area contributed by atoms with Gasteiger partial charge in [0.25, 0.3) is 11.8 Å². The molecule has 0 bridgehead atoms. The van der Waals surface area contributed by atoms with Crippen molar-refractivity contribution in [2.24, 2.45) is 0 Å². The number of carbonyl (C=O) groups excluding carboxylic acids is 5. The number of carbonyl (C=O) groups is 5. The predicted molar refractivity (Wildman–Crippen MR) is 260 cm³/mol. The molecule has 0 radical (unpaired) electrons. The van der Waals surface area contributed by atoms with Crippen LogP contribution in [-0.2, 0) is 31.3 Å². The molecule has 0 saturated carbocycles. The summed E-state index contributed by atoms with van der Waals surface area (Å²) in [5.74, 6) is -1.32. The highest BCUT2D eigenvalue weighted by molar-refractivity contribution is 7.78. The summed E-state index contributed by atoms with van der Waals surface area (Å²) in [5.41, 5.74) is 1.56. The normalized spacial score (nSPS) is 16.5. The molecule has 21 heteroatoms. The van der Waals surface area contributed by atoms with Crippen molar-refractivity contribution in [3.63, 3.8) is 0 Å². The highest BCUT2D eigenvalue weighted by Crippen LogP contribution is 2.59. The van der Waals surface area contributed by atoms with Crippen LogP contribution in [0.2, 0.25) is 10.0 Å². The third-order valence-corrected chi connectivity index (χ3v) is 13.1. The van der Waals surface area contributed by atoms with Crippen molar-refractivity contribution in [3.05, 3.63) is 98.0 Å². The second-order valence-corrected chi connectivity index (χ2v) is 17.7. The van der Waals surface area contributed by atoms with Gasteiger partial charge in [0.05, 0.1) is 60.5 Å². The zero-order valence-electron chi connectivity index (χ0n) is 38.7. The molecule has 4 amide bonds. The van der Waals surface area contributed by atoms with E-state index in [0.717, 1.165) is 37.6 Å². The number of nitrogens with one attached hydrogen (secondary N) is 4. The van der Waals surface area contributed by atoms with Gasteiger partial charge in [-0.15, -0.1) is 0 Å². The first kappa shape index (κ1) is 49.8. The topological polar surface area (TPSA) is 193 Å². The van der Waals surface area contributed by atoms with E-state index >= 15 is 0 Å². The standard InChI is InChI=1S/C47H54Cl2N8O10S/c1-50-26-8-10-31-36(18-26)66-37-19-27(54(2)3)9-11-32(37)47(31)42-33(48)22-29(43(49)41(42)46(62)67-47)44(60)52-24-30-34(63-6)20-28(21-35(30)64-7)65-38(45(61)53-68)23-39(58)51-12-13-56(5)40(59)25-57-16-14-55(4)15-17-57/h8-11,18-22,38,50,68H,12-17,23-25H2,1-7H3,(H,51,58)(H,52,60)(H,53,61). The average molecular weight is 994 g/mol. The summed E-state index contributed by atoms with van der Waals surface area (Å²) >= 11 is 18.0. The molecule has 2 unspecified atom stereocenters. The first-order chi connectivity index (χ1) is 32.5. The van der Waals surface area contributed by atoms with Gasteiger partial charge in [-0.1, -0.05) is 36.0 Å². The van der Waals surface area contributed by atoms with E-state index in [-0.39, 0.29) is 75.9 Å². The Hall–Kier alpha value is -6.12. The Labute approximate surface area is 409 Å². The number of halogens is 2. The summed E-state index contributed by atoms with van der Waals surface area (Å²) in [6, 6.07) is 15.3. The molecule has 4 N–H and O–H groups in total. The molecule has 18 nitrogen and oxygen atoms in total. The largest absolute Gasteiger partial charge is 0.496 e. The van der Waals surface area contributed by atoms with E-state index in [1.807, 2.05) is 50.3 Å². The molecule has 0 aromatic heterocycles. The molecule has 4 aromatic rings. The van der Waals surface area contributed by atoms with Crippen LogP contribution in [0.1, 0.15) is 49.4 Å². The number of amides is 4. The summed E-state index contributed by atoms with van der Waals surface area (Å²) in [5, 5.41) is 8.55. The van der Waals surface area contributed by atoms with Crippen LogP contribution in [0.5, 0.6) is 28.7 Å². The Morgan fingerprint density at radius 2 is 1.57 bits per heavy atom. The number of hydrogen-bond acceptors (Lipinski definition) is 15. The van der Waals surface area contributed by atoms with Gasteiger partial charge in [-0.2, -0.15) is 0 Å². The van der Waals surface area contributed by atoms with Gasteiger partial charge in [0.15, 0.2) is 11.7 Å². The van der Waals surface area contributed by atoms with Gasteiger partial charge in [0.1, 0.15) is 28.7 Å². The fraction of sp³-hybridized carbons (Fsp3) is 0.383. The first-order valence-electron chi connectivity index (χ1n) is 21.7. The number of anilines is 2. The lowest BCUT2D eigenvalue weighted by Crippen LogP contribution is -2.49. The van der Waals surface area contributed by atoms with Crippen molar-refractivity contribution in [1.29, 1.82) is 0 Å². The van der Waals surface area contributed by atoms with Gasteiger partial charge >= 0.3 is 5.97 Å². The van der Waals surface area contributed by atoms with Crippen molar-refractivity contribution >= 4 is 77.0 Å². The number of methoxy groups -OCH3 is 2. The number of piperazine rings is 1. The highest BCUT2D eigenvalue weighted by atomic mass is 35.5. The second kappa shape index (κ2) is 21.0. The quantitative estimate of drug-likeness (QED) is 0.0732. The molecular formula is C47H54Cl2N8O10S. The smallest absolute Gasteiger partial charge is 0.341 e. The molecule has 4 aromatic carbocycles. The Kier molecular flexibility index (Phi) is 15.4. The molecule has 3 aliphatic rings. The number of ether oxygens (including phenoxy) is 5. The van der Waals surface area contributed by atoms with Gasteiger partial charge in [-0.3, -0.25) is 28.8 Å². The summed E-state index contributed by atoms with van der Waals surface area (Å²) in [6.07, 6.45) is -1.71. The van der Waals surface area contributed by atoms with E-state index < -0.39 is 35.4 Å². The van der Waals surface area contributed by atoms with Crippen LogP contribution < -0.4 is 44.5 Å². The van der Waals surface area contributed by atoms with Crippen molar-refractivity contribution in [2.45, 2.75) is 24.7 Å². The number of likely N-dealkylation sites (N-methyl/N-ethyl adjacent to an activating group) is 2. The van der Waals surface area contributed by atoms with Crippen molar-refractivity contribution in [2.75, 3.05) is 105 Å². The lowest BCUT2D eigenvalue weighted by atomic mass is 9.77. The van der Waals surface area contributed by atoms with Gasteiger partial charge < -0.3 is 54.3 Å². The molecule has 2 atom stereocenters. The van der Waals surface area contributed by atoms with Crippen LogP contribution in [0.4, 0.5) is 11.4 Å². The monoisotopic (exact) mass is 992 g/mol. The van der Waals surface area contributed by atoms with Crippen molar-refractivity contribution < 1.29 is 47.7 Å². The molecule has 3 heterocycles.